The van der Waals surface area contributed by atoms with Crippen molar-refractivity contribution in [1.29, 1.82) is 0 Å². The number of halogens is 2. The minimum Gasteiger partial charge on any atom is -0.484 e. The van der Waals surface area contributed by atoms with Crippen LogP contribution < -0.4 is 10.1 Å². The first kappa shape index (κ1) is 16.7. The molecule has 0 radical (unpaired) electrons. The summed E-state index contributed by atoms with van der Waals surface area (Å²) < 4.78 is 23.5. The van der Waals surface area contributed by atoms with Crippen molar-refractivity contribution in [3.05, 3.63) is 29.0 Å². The second-order valence-electron chi connectivity index (χ2n) is 4.49. The van der Waals surface area contributed by atoms with E-state index in [1.165, 1.54) is 18.2 Å². The zero-order valence-electron chi connectivity index (χ0n) is 11.6. The highest BCUT2D eigenvalue weighted by molar-refractivity contribution is 6.30. The Kier molecular flexibility index (Phi) is 7.33. The largest absolute Gasteiger partial charge is 0.484 e. The van der Waals surface area contributed by atoms with Gasteiger partial charge in [-0.25, -0.2) is 4.39 Å². The molecule has 0 unspecified atom stereocenters. The quantitative estimate of drug-likeness (QED) is 0.751. The monoisotopic (exact) mass is 303 g/mol. The van der Waals surface area contributed by atoms with Crippen LogP contribution in [0, 0.1) is 5.82 Å². The van der Waals surface area contributed by atoms with Gasteiger partial charge in [0, 0.05) is 19.2 Å². The van der Waals surface area contributed by atoms with E-state index in [-0.39, 0.29) is 23.6 Å². The average molecular weight is 304 g/mol. The molecule has 0 aliphatic carbocycles. The van der Waals surface area contributed by atoms with Gasteiger partial charge in [-0.2, -0.15) is 0 Å². The molecule has 4 nitrogen and oxygen atoms in total. The number of ether oxygens (including phenoxy) is 2. The molecular weight excluding hydrogens is 285 g/mol. The summed E-state index contributed by atoms with van der Waals surface area (Å²) in [5, 5.41) is 2.67. The summed E-state index contributed by atoms with van der Waals surface area (Å²) in [5.74, 6) is -0.404. The Hall–Kier alpha value is -1.33. The van der Waals surface area contributed by atoms with Gasteiger partial charge in [-0.15, -0.1) is 0 Å². The summed E-state index contributed by atoms with van der Waals surface area (Å²) >= 11 is 5.60. The zero-order chi connectivity index (χ0) is 15.0. The standard InChI is InChI=1S/C14H19ClFNO3/c1-10(2)19-7-3-6-17-14(18)9-20-11-4-5-13(16)12(15)8-11/h4-5,8,10H,3,6-7,9H2,1-2H3,(H,17,18). The van der Waals surface area contributed by atoms with E-state index in [9.17, 15) is 9.18 Å². The molecule has 0 atom stereocenters. The van der Waals surface area contributed by atoms with E-state index in [4.69, 9.17) is 21.1 Å². The SMILES string of the molecule is CC(C)OCCCNC(=O)COc1ccc(F)c(Cl)c1. The summed E-state index contributed by atoms with van der Waals surface area (Å²) in [4.78, 5) is 11.5. The van der Waals surface area contributed by atoms with E-state index >= 15 is 0 Å². The molecule has 1 aromatic rings. The van der Waals surface area contributed by atoms with E-state index in [2.05, 4.69) is 5.32 Å². The summed E-state index contributed by atoms with van der Waals surface area (Å²) in [6.45, 7) is 4.92. The molecule has 1 aromatic carbocycles. The van der Waals surface area contributed by atoms with Gasteiger partial charge < -0.3 is 14.8 Å². The van der Waals surface area contributed by atoms with Gasteiger partial charge in [0.2, 0.25) is 0 Å². The van der Waals surface area contributed by atoms with Crippen molar-refractivity contribution in [2.75, 3.05) is 19.8 Å². The second kappa shape index (κ2) is 8.76. The van der Waals surface area contributed by atoms with Crippen LogP contribution in [0.1, 0.15) is 20.3 Å². The Morgan fingerprint density at radius 3 is 2.85 bits per heavy atom. The number of carbonyl (C=O) groups is 1. The molecule has 0 saturated carbocycles. The highest BCUT2D eigenvalue weighted by Gasteiger charge is 2.05. The van der Waals surface area contributed by atoms with E-state index in [0.717, 1.165) is 6.42 Å². The smallest absolute Gasteiger partial charge is 0.257 e. The first-order valence-corrected chi connectivity index (χ1v) is 6.83. The Bertz CT molecular complexity index is 440. The predicted molar refractivity (Wildman–Crippen MR) is 75.6 cm³/mol. The maximum atomic E-state index is 12.9. The third-order valence-corrected chi connectivity index (χ3v) is 2.65. The molecule has 1 rings (SSSR count). The maximum absolute atomic E-state index is 12.9. The average Bonchev–Trinajstić information content (AvgIpc) is 2.39. The third kappa shape index (κ3) is 6.73. The van der Waals surface area contributed by atoms with Crippen molar-refractivity contribution in [1.82, 2.24) is 5.32 Å². The first-order chi connectivity index (χ1) is 9.49. The molecular formula is C14H19ClFNO3. The lowest BCUT2D eigenvalue weighted by Gasteiger charge is -2.09. The number of hydrogen-bond acceptors (Lipinski definition) is 3. The van der Waals surface area contributed by atoms with E-state index < -0.39 is 5.82 Å². The van der Waals surface area contributed by atoms with Gasteiger partial charge in [-0.1, -0.05) is 11.6 Å². The molecule has 0 heterocycles. The van der Waals surface area contributed by atoms with Crippen LogP contribution in [0.15, 0.2) is 18.2 Å². The minimum atomic E-state index is -0.520. The van der Waals surface area contributed by atoms with Crippen LogP contribution in [0.4, 0.5) is 4.39 Å². The van der Waals surface area contributed by atoms with Gasteiger partial charge >= 0.3 is 0 Å². The van der Waals surface area contributed by atoms with Gasteiger partial charge in [0.05, 0.1) is 11.1 Å². The van der Waals surface area contributed by atoms with Gasteiger partial charge in [0.25, 0.3) is 5.91 Å². The lowest BCUT2D eigenvalue weighted by atomic mass is 10.3. The molecule has 0 aliphatic heterocycles. The maximum Gasteiger partial charge on any atom is 0.257 e. The number of nitrogens with one attached hydrogen (secondary N) is 1. The molecule has 0 aromatic heterocycles. The van der Waals surface area contributed by atoms with E-state index in [0.29, 0.717) is 18.9 Å². The highest BCUT2D eigenvalue weighted by Crippen LogP contribution is 2.20. The second-order valence-corrected chi connectivity index (χ2v) is 4.89. The summed E-state index contributed by atoms with van der Waals surface area (Å²) in [7, 11) is 0. The lowest BCUT2D eigenvalue weighted by molar-refractivity contribution is -0.123. The molecule has 6 heteroatoms. The van der Waals surface area contributed by atoms with Crippen LogP contribution in [-0.4, -0.2) is 31.8 Å². The Morgan fingerprint density at radius 1 is 1.45 bits per heavy atom. The molecule has 1 N–H and O–H groups in total. The van der Waals surface area contributed by atoms with Gasteiger partial charge in [-0.3, -0.25) is 4.79 Å². The molecule has 0 aliphatic rings. The highest BCUT2D eigenvalue weighted by atomic mass is 35.5. The molecule has 0 spiro atoms. The fraction of sp³-hybridized carbons (Fsp3) is 0.500. The molecule has 0 bridgehead atoms. The fourth-order valence-corrected chi connectivity index (χ4v) is 1.56. The van der Waals surface area contributed by atoms with E-state index in [1.807, 2.05) is 13.8 Å². The molecule has 112 valence electrons. The normalized spacial score (nSPS) is 10.7. The zero-order valence-corrected chi connectivity index (χ0v) is 12.4. The Morgan fingerprint density at radius 2 is 2.20 bits per heavy atom. The topological polar surface area (TPSA) is 47.6 Å². The number of amides is 1. The van der Waals surface area contributed by atoms with Crippen LogP contribution in [0.5, 0.6) is 5.75 Å². The van der Waals surface area contributed by atoms with Crippen LogP contribution >= 0.6 is 11.6 Å². The summed E-state index contributed by atoms with van der Waals surface area (Å²) in [6.07, 6.45) is 0.934. The predicted octanol–water partition coefficient (Wildman–Crippen LogP) is 2.79. The number of rotatable bonds is 8. The number of hydrogen-bond donors (Lipinski definition) is 1. The Balaban J connectivity index is 2.18. The fourth-order valence-electron chi connectivity index (χ4n) is 1.39. The molecule has 0 fully saturated rings. The minimum absolute atomic E-state index is 0.0336. The lowest BCUT2D eigenvalue weighted by Crippen LogP contribution is -2.30. The summed E-state index contributed by atoms with van der Waals surface area (Å²) in [6, 6.07) is 3.95. The van der Waals surface area contributed by atoms with Crippen molar-refractivity contribution >= 4 is 17.5 Å². The van der Waals surface area contributed by atoms with Crippen LogP contribution in [0.3, 0.4) is 0 Å². The van der Waals surface area contributed by atoms with Crippen molar-refractivity contribution in [3.63, 3.8) is 0 Å². The van der Waals surface area contributed by atoms with Crippen molar-refractivity contribution in [2.24, 2.45) is 0 Å². The molecule has 20 heavy (non-hydrogen) atoms. The van der Waals surface area contributed by atoms with Crippen LogP contribution in [0.25, 0.3) is 0 Å². The third-order valence-electron chi connectivity index (χ3n) is 2.36. The van der Waals surface area contributed by atoms with Gasteiger partial charge in [-0.05, 0) is 32.4 Å². The summed E-state index contributed by atoms with van der Waals surface area (Å²) in [5.41, 5.74) is 0. The van der Waals surface area contributed by atoms with Crippen LogP contribution in [0.2, 0.25) is 5.02 Å². The Labute approximate surface area is 123 Å². The molecule has 0 saturated heterocycles. The van der Waals surface area contributed by atoms with Crippen molar-refractivity contribution in [2.45, 2.75) is 26.4 Å². The van der Waals surface area contributed by atoms with Crippen LogP contribution in [-0.2, 0) is 9.53 Å². The van der Waals surface area contributed by atoms with Crippen molar-refractivity contribution < 1.29 is 18.7 Å². The van der Waals surface area contributed by atoms with E-state index in [1.54, 1.807) is 0 Å². The van der Waals surface area contributed by atoms with Gasteiger partial charge in [0.1, 0.15) is 11.6 Å². The number of carbonyl (C=O) groups excluding carboxylic acids is 1. The van der Waals surface area contributed by atoms with Crippen molar-refractivity contribution in [3.8, 4) is 5.75 Å². The number of benzene rings is 1. The molecule has 1 amide bonds. The first-order valence-electron chi connectivity index (χ1n) is 6.45. The van der Waals surface area contributed by atoms with Gasteiger partial charge in [0.15, 0.2) is 6.61 Å².